The van der Waals surface area contributed by atoms with Crippen molar-refractivity contribution in [3.63, 3.8) is 0 Å². The molecule has 3 heterocycles. The first kappa shape index (κ1) is 19.8. The number of aryl methyl sites for hydroxylation is 1. The van der Waals surface area contributed by atoms with E-state index in [1.807, 2.05) is 56.6 Å². The number of rotatable bonds is 3. The Kier molecular flexibility index (Phi) is 5.02. The van der Waals surface area contributed by atoms with E-state index in [1.54, 1.807) is 10.6 Å². The molecular weight excluding hydrogens is 410 g/mol. The summed E-state index contributed by atoms with van der Waals surface area (Å²) in [5, 5.41) is 0.882. The molecule has 31 heavy (non-hydrogen) atoms. The Morgan fingerprint density at radius 1 is 1.16 bits per heavy atom. The molecular formula is C24H24ClN5O. The molecule has 2 aromatic carbocycles. The Bertz CT molecular complexity index is 1280. The lowest BCUT2D eigenvalue weighted by Gasteiger charge is -2.31. The fourth-order valence-electron chi connectivity index (χ4n) is 4.50. The van der Waals surface area contributed by atoms with Gasteiger partial charge in [-0.2, -0.15) is 0 Å². The Balaban J connectivity index is 1.75. The number of hydrogen-bond donors (Lipinski definition) is 0. The zero-order chi connectivity index (χ0) is 21.5. The number of benzene rings is 2. The van der Waals surface area contributed by atoms with Crippen LogP contribution in [-0.2, 0) is 0 Å². The van der Waals surface area contributed by atoms with Crippen molar-refractivity contribution in [2.45, 2.75) is 25.8 Å². The highest BCUT2D eigenvalue weighted by atomic mass is 35.5. The lowest BCUT2D eigenvalue weighted by molar-refractivity contribution is 0.312. The number of allylic oxidation sites excluding steroid dienone is 1. The third-order valence-electron chi connectivity index (χ3n) is 5.90. The number of likely N-dealkylation sites (tertiary alicyclic amines) is 1. The van der Waals surface area contributed by atoms with Crippen LogP contribution in [0, 0.1) is 6.92 Å². The van der Waals surface area contributed by atoms with E-state index in [-0.39, 0.29) is 11.6 Å². The van der Waals surface area contributed by atoms with Crippen LogP contribution >= 0.6 is 11.6 Å². The highest BCUT2D eigenvalue weighted by Crippen LogP contribution is 2.35. The van der Waals surface area contributed by atoms with Crippen molar-refractivity contribution in [2.24, 2.45) is 4.99 Å². The molecule has 0 amide bonds. The summed E-state index contributed by atoms with van der Waals surface area (Å²) >= 11 is 6.44. The molecule has 1 fully saturated rings. The summed E-state index contributed by atoms with van der Waals surface area (Å²) in [5.74, 6) is 0.741. The van der Waals surface area contributed by atoms with Gasteiger partial charge >= 0.3 is 0 Å². The van der Waals surface area contributed by atoms with Crippen LogP contribution in [0.2, 0.25) is 5.02 Å². The molecule has 0 spiro atoms. The first-order valence-corrected chi connectivity index (χ1v) is 10.9. The minimum atomic E-state index is -0.133. The van der Waals surface area contributed by atoms with Gasteiger partial charge in [-0.05, 0) is 49.6 Å². The standard InChI is InChI=1S/C24H24ClN5O/c1-16-6-3-7-17(12-16)30-23(27-20-9-4-8-19(25)22(20)24(30)31)21-10-5-11-29(21)18-13-26-15-28(2)14-18/h3-4,6-9,12-14,21H,5,10-11,15H2,1-2H3. The third kappa shape index (κ3) is 3.51. The number of nitrogens with zero attached hydrogens (tertiary/aromatic N) is 5. The largest absolute Gasteiger partial charge is 0.360 e. The maximum atomic E-state index is 13.7. The summed E-state index contributed by atoms with van der Waals surface area (Å²) in [6.45, 7) is 3.58. The number of aliphatic imine (C=N–C) groups is 1. The van der Waals surface area contributed by atoms with Gasteiger partial charge in [0, 0.05) is 26.0 Å². The summed E-state index contributed by atoms with van der Waals surface area (Å²) in [6.07, 6.45) is 5.97. The van der Waals surface area contributed by atoms with Crippen LogP contribution < -0.4 is 5.56 Å². The fourth-order valence-corrected chi connectivity index (χ4v) is 4.75. The molecule has 1 unspecified atom stereocenters. The van der Waals surface area contributed by atoms with Gasteiger partial charge < -0.3 is 9.80 Å². The number of halogens is 1. The first-order chi connectivity index (χ1) is 15.0. The van der Waals surface area contributed by atoms with Crippen molar-refractivity contribution < 1.29 is 0 Å². The molecule has 0 saturated carbocycles. The average Bonchev–Trinajstić information content (AvgIpc) is 3.23. The highest BCUT2D eigenvalue weighted by molar-refractivity contribution is 6.35. The molecule has 1 atom stereocenters. The summed E-state index contributed by atoms with van der Waals surface area (Å²) in [6, 6.07) is 13.4. The van der Waals surface area contributed by atoms with E-state index in [2.05, 4.69) is 21.0 Å². The van der Waals surface area contributed by atoms with Gasteiger partial charge in [-0.3, -0.25) is 14.4 Å². The predicted molar refractivity (Wildman–Crippen MR) is 125 cm³/mol. The van der Waals surface area contributed by atoms with Crippen molar-refractivity contribution in [1.82, 2.24) is 19.4 Å². The molecule has 0 bridgehead atoms. The van der Waals surface area contributed by atoms with Gasteiger partial charge in [-0.1, -0.05) is 29.8 Å². The van der Waals surface area contributed by atoms with Gasteiger partial charge in [-0.15, -0.1) is 0 Å². The van der Waals surface area contributed by atoms with E-state index in [0.29, 0.717) is 22.6 Å². The second kappa shape index (κ2) is 7.85. The molecule has 5 rings (SSSR count). The summed E-state index contributed by atoms with van der Waals surface area (Å²) in [4.78, 5) is 27.6. The Labute approximate surface area is 186 Å². The fraction of sp³-hybridized carbons (Fsp3) is 0.292. The van der Waals surface area contributed by atoms with Crippen molar-refractivity contribution >= 4 is 28.7 Å². The summed E-state index contributed by atoms with van der Waals surface area (Å²) in [7, 11) is 2.01. The van der Waals surface area contributed by atoms with E-state index in [1.165, 1.54) is 0 Å². The van der Waals surface area contributed by atoms with Gasteiger partial charge in [0.15, 0.2) is 0 Å². The van der Waals surface area contributed by atoms with Crippen LogP contribution in [0.25, 0.3) is 16.6 Å². The molecule has 7 heteroatoms. The van der Waals surface area contributed by atoms with Gasteiger partial charge in [0.05, 0.1) is 33.4 Å². The Morgan fingerprint density at radius 2 is 2.00 bits per heavy atom. The lowest BCUT2D eigenvalue weighted by atomic mass is 10.1. The quantitative estimate of drug-likeness (QED) is 0.618. The van der Waals surface area contributed by atoms with Crippen LogP contribution in [0.15, 0.2) is 64.1 Å². The molecule has 6 nitrogen and oxygen atoms in total. The van der Waals surface area contributed by atoms with Crippen molar-refractivity contribution in [2.75, 3.05) is 20.3 Å². The van der Waals surface area contributed by atoms with E-state index in [4.69, 9.17) is 16.6 Å². The first-order valence-electron chi connectivity index (χ1n) is 10.5. The lowest BCUT2D eigenvalue weighted by Crippen LogP contribution is -2.33. The minimum absolute atomic E-state index is 0.0270. The monoisotopic (exact) mass is 433 g/mol. The third-order valence-corrected chi connectivity index (χ3v) is 6.21. The number of fused-ring (bicyclic) bond motifs is 1. The van der Waals surface area contributed by atoms with Gasteiger partial charge in [0.25, 0.3) is 5.56 Å². The molecule has 3 aromatic rings. The molecule has 2 aliphatic rings. The molecule has 0 aliphatic carbocycles. The van der Waals surface area contributed by atoms with Gasteiger partial charge in [-0.25, -0.2) is 4.98 Å². The SMILES string of the molecule is Cc1cccc(-n2c(C3CCCN3C3=CN(C)CN=C3)nc3cccc(Cl)c3c2=O)c1. The van der Waals surface area contributed by atoms with Crippen molar-refractivity contribution in [3.8, 4) is 5.69 Å². The van der Waals surface area contributed by atoms with Crippen LogP contribution in [0.4, 0.5) is 0 Å². The number of aromatic nitrogens is 2. The molecule has 1 saturated heterocycles. The second-order valence-corrected chi connectivity index (χ2v) is 8.61. The Hall–Kier alpha value is -3.12. The van der Waals surface area contributed by atoms with Gasteiger partial charge in [0.1, 0.15) is 12.5 Å². The molecule has 0 N–H and O–H groups in total. The molecule has 1 aromatic heterocycles. The molecule has 158 valence electrons. The van der Waals surface area contributed by atoms with E-state index in [9.17, 15) is 4.79 Å². The highest BCUT2D eigenvalue weighted by Gasteiger charge is 2.32. The van der Waals surface area contributed by atoms with E-state index >= 15 is 0 Å². The van der Waals surface area contributed by atoms with E-state index < -0.39 is 0 Å². The average molecular weight is 434 g/mol. The maximum Gasteiger partial charge on any atom is 0.267 e. The van der Waals surface area contributed by atoms with Crippen LogP contribution in [-0.4, -0.2) is 45.8 Å². The number of hydrogen-bond acceptors (Lipinski definition) is 5. The van der Waals surface area contributed by atoms with Crippen LogP contribution in [0.1, 0.15) is 30.3 Å². The Morgan fingerprint density at radius 3 is 2.81 bits per heavy atom. The van der Waals surface area contributed by atoms with Gasteiger partial charge in [0.2, 0.25) is 0 Å². The molecule has 2 aliphatic heterocycles. The smallest absolute Gasteiger partial charge is 0.267 e. The minimum Gasteiger partial charge on any atom is -0.360 e. The van der Waals surface area contributed by atoms with Crippen molar-refractivity contribution in [1.29, 1.82) is 0 Å². The van der Waals surface area contributed by atoms with E-state index in [0.717, 1.165) is 42.2 Å². The molecule has 0 radical (unpaired) electrons. The summed E-state index contributed by atoms with van der Waals surface area (Å²) < 4.78 is 1.74. The zero-order valence-corrected chi connectivity index (χ0v) is 18.4. The predicted octanol–water partition coefficient (Wildman–Crippen LogP) is 4.30. The van der Waals surface area contributed by atoms with Crippen molar-refractivity contribution in [3.05, 3.63) is 81.1 Å². The zero-order valence-electron chi connectivity index (χ0n) is 17.6. The van der Waals surface area contributed by atoms with Crippen LogP contribution in [0.3, 0.4) is 0 Å². The summed E-state index contributed by atoms with van der Waals surface area (Å²) in [5.41, 5.74) is 3.44. The van der Waals surface area contributed by atoms with Crippen LogP contribution in [0.5, 0.6) is 0 Å². The topological polar surface area (TPSA) is 53.7 Å². The maximum absolute atomic E-state index is 13.7. The second-order valence-electron chi connectivity index (χ2n) is 8.20. The normalized spacial score (nSPS) is 18.7.